The Morgan fingerprint density at radius 2 is 2.31 bits per heavy atom. The van der Waals surface area contributed by atoms with Gasteiger partial charge in [0.1, 0.15) is 11.7 Å². The van der Waals surface area contributed by atoms with Crippen molar-refractivity contribution in [3.63, 3.8) is 0 Å². The highest BCUT2D eigenvalue weighted by atomic mass is 35.5. The average Bonchev–Trinajstić information content (AvgIpc) is 2.30. The molecular weight excluding hydrogens is 235 g/mol. The van der Waals surface area contributed by atoms with Crippen molar-refractivity contribution in [2.75, 3.05) is 13.0 Å². The Kier molecular flexibility index (Phi) is 4.25. The number of esters is 1. The number of amidine groups is 1. The molecule has 0 radical (unpaired) electrons. The smallest absolute Gasteiger partial charge is 0.340 e. The Labute approximate surface area is 96.9 Å². The maximum Gasteiger partial charge on any atom is 0.340 e. The second-order valence-corrected chi connectivity index (χ2v) is 3.16. The van der Waals surface area contributed by atoms with E-state index in [-0.39, 0.29) is 17.3 Å². The van der Waals surface area contributed by atoms with Crippen LogP contribution in [-0.4, -0.2) is 24.8 Å². The van der Waals surface area contributed by atoms with Gasteiger partial charge in [-0.15, -0.1) is 11.6 Å². The van der Waals surface area contributed by atoms with Gasteiger partial charge < -0.3 is 10.5 Å². The summed E-state index contributed by atoms with van der Waals surface area (Å²) >= 11 is 5.44. The van der Waals surface area contributed by atoms with Crippen LogP contribution in [0.15, 0.2) is 23.2 Å². The minimum atomic E-state index is -0.765. The van der Waals surface area contributed by atoms with E-state index in [0.717, 1.165) is 6.07 Å². The van der Waals surface area contributed by atoms with E-state index in [0.29, 0.717) is 5.69 Å². The largest absolute Gasteiger partial charge is 0.465 e. The first-order valence-electron chi connectivity index (χ1n) is 4.35. The molecule has 0 aliphatic heterocycles. The molecule has 1 aromatic rings. The molecule has 1 aromatic carbocycles. The lowest BCUT2D eigenvalue weighted by Gasteiger charge is -2.02. The summed E-state index contributed by atoms with van der Waals surface area (Å²) < 4.78 is 17.6. The fourth-order valence-electron chi connectivity index (χ4n) is 1.04. The number of benzene rings is 1. The van der Waals surface area contributed by atoms with Gasteiger partial charge in [-0.3, -0.25) is 0 Å². The molecule has 0 bridgehead atoms. The zero-order chi connectivity index (χ0) is 12.1. The zero-order valence-corrected chi connectivity index (χ0v) is 9.29. The van der Waals surface area contributed by atoms with Crippen LogP contribution in [0, 0.1) is 5.82 Å². The number of hydrogen-bond acceptors (Lipinski definition) is 3. The molecule has 0 amide bonds. The van der Waals surface area contributed by atoms with E-state index in [9.17, 15) is 9.18 Å². The van der Waals surface area contributed by atoms with E-state index in [1.807, 2.05) is 0 Å². The van der Waals surface area contributed by atoms with Gasteiger partial charge in [-0.2, -0.15) is 0 Å². The molecule has 0 aliphatic carbocycles. The Morgan fingerprint density at radius 3 is 2.88 bits per heavy atom. The van der Waals surface area contributed by atoms with Crippen molar-refractivity contribution < 1.29 is 13.9 Å². The second kappa shape index (κ2) is 5.46. The van der Waals surface area contributed by atoms with E-state index in [2.05, 4.69) is 9.73 Å². The Hall–Kier alpha value is -1.62. The van der Waals surface area contributed by atoms with Crippen molar-refractivity contribution in [2.45, 2.75) is 0 Å². The third-order valence-corrected chi connectivity index (χ3v) is 2.04. The summed E-state index contributed by atoms with van der Waals surface area (Å²) in [7, 11) is 1.17. The number of hydrogen-bond donors (Lipinski definition) is 1. The third kappa shape index (κ3) is 2.93. The van der Waals surface area contributed by atoms with Crippen molar-refractivity contribution in [1.82, 2.24) is 0 Å². The lowest BCUT2D eigenvalue weighted by molar-refractivity contribution is 0.0595. The van der Waals surface area contributed by atoms with E-state index >= 15 is 0 Å². The van der Waals surface area contributed by atoms with Crippen LogP contribution in [0.5, 0.6) is 0 Å². The molecule has 4 nitrogen and oxygen atoms in total. The van der Waals surface area contributed by atoms with Crippen LogP contribution in [0.1, 0.15) is 10.4 Å². The molecule has 0 unspecified atom stereocenters. The molecule has 16 heavy (non-hydrogen) atoms. The first-order chi connectivity index (χ1) is 7.58. The number of methoxy groups -OCH3 is 1. The van der Waals surface area contributed by atoms with Gasteiger partial charge in [0.25, 0.3) is 0 Å². The lowest BCUT2D eigenvalue weighted by atomic mass is 10.2. The Balaban J connectivity index is 3.12. The van der Waals surface area contributed by atoms with Crippen LogP contribution in [0.2, 0.25) is 0 Å². The highest BCUT2D eigenvalue weighted by Gasteiger charge is 2.12. The normalized spacial score (nSPS) is 11.3. The minimum absolute atomic E-state index is 0.0605. The molecule has 0 saturated heterocycles. The quantitative estimate of drug-likeness (QED) is 0.382. The van der Waals surface area contributed by atoms with E-state index < -0.39 is 11.8 Å². The van der Waals surface area contributed by atoms with Crippen molar-refractivity contribution in [1.29, 1.82) is 0 Å². The van der Waals surface area contributed by atoms with E-state index in [1.165, 1.54) is 19.2 Å². The van der Waals surface area contributed by atoms with Gasteiger partial charge in [-0.1, -0.05) is 0 Å². The standard InChI is InChI=1S/C10H10ClFN2O2/c1-16-10(15)7-4-6(2-3-8(7)12)14-9(13)5-11/h2-4H,5H2,1H3,(H2,13,14). The van der Waals surface area contributed by atoms with E-state index in [1.54, 1.807) is 0 Å². The molecule has 0 aliphatic rings. The first kappa shape index (κ1) is 12.4. The van der Waals surface area contributed by atoms with Gasteiger partial charge in [0, 0.05) is 0 Å². The molecule has 0 aromatic heterocycles. The molecule has 1 rings (SSSR count). The zero-order valence-electron chi connectivity index (χ0n) is 8.54. The highest BCUT2D eigenvalue weighted by molar-refractivity contribution is 6.28. The van der Waals surface area contributed by atoms with Crippen LogP contribution in [0.4, 0.5) is 10.1 Å². The SMILES string of the molecule is COC(=O)c1cc(N=C(N)CCl)ccc1F. The summed E-state index contributed by atoms with van der Waals surface area (Å²) in [5.41, 5.74) is 5.57. The summed E-state index contributed by atoms with van der Waals surface area (Å²) in [5.74, 6) is -1.19. The van der Waals surface area contributed by atoms with Gasteiger partial charge in [-0.25, -0.2) is 14.2 Å². The molecule has 0 atom stereocenters. The number of halogens is 2. The van der Waals surface area contributed by atoms with Gasteiger partial charge in [0.05, 0.1) is 24.2 Å². The number of rotatable bonds is 3. The topological polar surface area (TPSA) is 64.7 Å². The monoisotopic (exact) mass is 244 g/mol. The fraction of sp³-hybridized carbons (Fsp3) is 0.200. The fourth-order valence-corrected chi connectivity index (χ4v) is 1.10. The number of carbonyl (C=O) groups excluding carboxylic acids is 1. The van der Waals surface area contributed by atoms with Crippen LogP contribution in [0.3, 0.4) is 0 Å². The molecule has 0 fully saturated rings. The van der Waals surface area contributed by atoms with Crippen LogP contribution in [-0.2, 0) is 4.74 Å². The Bertz CT molecular complexity index is 435. The number of alkyl halides is 1. The van der Waals surface area contributed by atoms with E-state index in [4.69, 9.17) is 17.3 Å². The van der Waals surface area contributed by atoms with Crippen molar-refractivity contribution in [2.24, 2.45) is 10.7 Å². The van der Waals surface area contributed by atoms with Gasteiger partial charge in [0.15, 0.2) is 0 Å². The Morgan fingerprint density at radius 1 is 1.62 bits per heavy atom. The maximum atomic E-state index is 13.2. The number of nitrogens with two attached hydrogens (primary N) is 1. The molecule has 6 heteroatoms. The molecule has 0 saturated carbocycles. The molecule has 0 spiro atoms. The maximum absolute atomic E-state index is 13.2. The van der Waals surface area contributed by atoms with Gasteiger partial charge >= 0.3 is 5.97 Å². The summed E-state index contributed by atoms with van der Waals surface area (Å²) in [4.78, 5) is 15.1. The third-order valence-electron chi connectivity index (χ3n) is 1.76. The summed E-state index contributed by atoms with van der Waals surface area (Å²) in [5, 5.41) is 0. The molecule has 2 N–H and O–H groups in total. The van der Waals surface area contributed by atoms with Crippen LogP contribution in [0.25, 0.3) is 0 Å². The van der Waals surface area contributed by atoms with Gasteiger partial charge in [0.2, 0.25) is 0 Å². The van der Waals surface area contributed by atoms with Crippen LogP contribution < -0.4 is 5.73 Å². The summed E-state index contributed by atoms with van der Waals surface area (Å²) in [6, 6.07) is 3.76. The predicted molar refractivity (Wildman–Crippen MR) is 59.7 cm³/mol. The van der Waals surface area contributed by atoms with Gasteiger partial charge in [-0.05, 0) is 18.2 Å². The first-order valence-corrected chi connectivity index (χ1v) is 4.88. The molecule has 86 valence electrons. The van der Waals surface area contributed by atoms with Crippen molar-refractivity contribution in [3.8, 4) is 0 Å². The molecular formula is C10H10ClFN2O2. The highest BCUT2D eigenvalue weighted by Crippen LogP contribution is 2.18. The number of aliphatic imine (C=N–C) groups is 1. The average molecular weight is 245 g/mol. The summed E-state index contributed by atoms with van der Waals surface area (Å²) in [6.07, 6.45) is 0. The number of nitrogens with zero attached hydrogens (tertiary/aromatic N) is 1. The van der Waals surface area contributed by atoms with Crippen molar-refractivity contribution >= 4 is 29.1 Å². The number of ether oxygens (including phenoxy) is 1. The van der Waals surface area contributed by atoms with Crippen LogP contribution >= 0.6 is 11.6 Å². The second-order valence-electron chi connectivity index (χ2n) is 2.89. The number of carbonyl (C=O) groups is 1. The lowest BCUT2D eigenvalue weighted by Crippen LogP contribution is -2.12. The minimum Gasteiger partial charge on any atom is -0.465 e. The predicted octanol–water partition coefficient (Wildman–Crippen LogP) is 1.84. The van der Waals surface area contributed by atoms with Crippen molar-refractivity contribution in [3.05, 3.63) is 29.6 Å². The summed E-state index contributed by atoms with van der Waals surface area (Å²) in [6.45, 7) is 0. The molecule has 0 heterocycles.